The van der Waals surface area contributed by atoms with Crippen LogP contribution in [-0.2, 0) is 0 Å². The maximum Gasteiger partial charge on any atom is 0.319 e. The fraction of sp³-hybridized carbons (Fsp3) is 0.529. The number of nitrogens with zero attached hydrogens (tertiary/aromatic N) is 4. The summed E-state index contributed by atoms with van der Waals surface area (Å²) in [6, 6.07) is 4.33. The van der Waals surface area contributed by atoms with Crippen molar-refractivity contribution in [2.45, 2.75) is 86.9 Å². The Morgan fingerprint density at radius 1 is 1.13 bits per heavy atom. The van der Waals surface area contributed by atoms with E-state index < -0.39 is 35.4 Å². The van der Waals surface area contributed by atoms with Crippen molar-refractivity contribution in [2.75, 3.05) is 31.1 Å². The molecule has 5 heterocycles. The predicted octanol–water partition coefficient (Wildman–Crippen LogP) is 5.79. The highest BCUT2D eigenvalue weighted by Gasteiger charge is 2.68. The fourth-order valence-corrected chi connectivity index (χ4v) is 9.37. The number of nitrogens with one attached hydrogen (secondary N) is 1. The van der Waals surface area contributed by atoms with Crippen LogP contribution in [0.15, 0.2) is 24.3 Å². The normalized spacial score (nSPS) is 34.4. The molecule has 3 aromatic rings. The van der Waals surface area contributed by atoms with Gasteiger partial charge >= 0.3 is 6.01 Å². The lowest BCUT2D eigenvalue weighted by molar-refractivity contribution is 0.107. The monoisotopic (exact) mass is 621 g/mol. The number of benzene rings is 2. The Labute approximate surface area is 258 Å². The minimum absolute atomic E-state index is 0.00943. The van der Waals surface area contributed by atoms with Gasteiger partial charge in [-0.2, -0.15) is 9.97 Å². The van der Waals surface area contributed by atoms with Crippen LogP contribution in [0.1, 0.15) is 62.5 Å². The maximum absolute atomic E-state index is 16.9. The summed E-state index contributed by atoms with van der Waals surface area (Å²) in [6.45, 7) is 3.94. The second kappa shape index (κ2) is 9.54. The standard InChI is InChI=1S/C34H35F4N5O2/c1-2-21-24(36)5-4-17-8-20(44)9-22(27(17)21)28-25(37)10-23-30(29(28)38)40-32(45-16-33-6-3-7-42(33)15-18(35)11-33)41-31(23)43-19-12-34(39-14-19)13-26(34)43/h4-5,8-10,18-19,21,24,26,39,44H,2-3,6-7,11-16H2,1H3/t18-,19?,21?,24?,26?,33?,34?/m1/s1. The molecule has 2 aromatic carbocycles. The van der Waals surface area contributed by atoms with Gasteiger partial charge in [-0.15, -0.1) is 0 Å². The molecular weight excluding hydrogens is 586 g/mol. The summed E-state index contributed by atoms with van der Waals surface area (Å²) in [7, 11) is 0. The number of piperidine rings is 1. The van der Waals surface area contributed by atoms with E-state index in [9.17, 15) is 9.50 Å². The number of anilines is 1. The number of allylic oxidation sites excluding steroid dienone is 1. The largest absolute Gasteiger partial charge is 0.508 e. The Morgan fingerprint density at radius 3 is 2.80 bits per heavy atom. The zero-order valence-electron chi connectivity index (χ0n) is 25.0. The molecule has 2 bridgehead atoms. The Morgan fingerprint density at radius 2 is 2.00 bits per heavy atom. The van der Waals surface area contributed by atoms with Gasteiger partial charge in [0.25, 0.3) is 0 Å². The van der Waals surface area contributed by atoms with Crippen LogP contribution in [0.5, 0.6) is 11.8 Å². The zero-order valence-corrected chi connectivity index (χ0v) is 25.0. The summed E-state index contributed by atoms with van der Waals surface area (Å²) in [4.78, 5) is 13.6. The number of hydrogen-bond acceptors (Lipinski definition) is 7. The Kier molecular flexibility index (Phi) is 5.90. The van der Waals surface area contributed by atoms with Gasteiger partial charge in [0.15, 0.2) is 5.82 Å². The highest BCUT2D eigenvalue weighted by Crippen LogP contribution is 2.57. The molecular formula is C34H35F4N5O2. The average molecular weight is 622 g/mol. The van der Waals surface area contributed by atoms with E-state index in [4.69, 9.17) is 9.72 Å². The molecule has 6 aliphatic rings. The van der Waals surface area contributed by atoms with Gasteiger partial charge in [0, 0.05) is 42.4 Å². The SMILES string of the molecule is CCC1c2c(cc(O)cc2-c2c(F)cc3c(N4C5CNC6(C5)CC46)nc(OCC45CCCN4C[C@H](F)C5)nc3c2F)C=CC1F. The number of aromatic nitrogens is 2. The van der Waals surface area contributed by atoms with Crippen molar-refractivity contribution in [1.29, 1.82) is 0 Å². The molecule has 1 spiro atoms. The minimum Gasteiger partial charge on any atom is -0.508 e. The van der Waals surface area contributed by atoms with Crippen LogP contribution in [0, 0.1) is 11.6 Å². The van der Waals surface area contributed by atoms with E-state index >= 15 is 13.2 Å². The van der Waals surface area contributed by atoms with Crippen molar-refractivity contribution < 1.29 is 27.4 Å². The molecule has 5 fully saturated rings. The van der Waals surface area contributed by atoms with E-state index in [1.807, 2.05) is 6.92 Å². The van der Waals surface area contributed by atoms with E-state index in [0.29, 0.717) is 36.3 Å². The van der Waals surface area contributed by atoms with Crippen LogP contribution in [0.4, 0.5) is 23.4 Å². The van der Waals surface area contributed by atoms with Crippen LogP contribution >= 0.6 is 0 Å². The molecule has 0 amide bonds. The van der Waals surface area contributed by atoms with Gasteiger partial charge in [-0.05, 0) is 79.6 Å². The van der Waals surface area contributed by atoms with Gasteiger partial charge in [-0.25, -0.2) is 17.6 Å². The summed E-state index contributed by atoms with van der Waals surface area (Å²) in [5, 5.41) is 14.4. The van der Waals surface area contributed by atoms with Crippen molar-refractivity contribution >= 4 is 22.8 Å². The number of piperazine rings is 1. The predicted molar refractivity (Wildman–Crippen MR) is 162 cm³/mol. The summed E-state index contributed by atoms with van der Waals surface area (Å²) >= 11 is 0. The Bertz CT molecular complexity index is 1780. The first-order chi connectivity index (χ1) is 21.7. The second-order valence-electron chi connectivity index (χ2n) is 14.0. The van der Waals surface area contributed by atoms with Crippen LogP contribution < -0.4 is 15.0 Å². The van der Waals surface area contributed by atoms with Crippen molar-refractivity contribution in [2.24, 2.45) is 0 Å². The molecule has 236 valence electrons. The number of phenolic OH excluding ortho intramolecular Hbond substituents is 1. The molecule has 2 N–H and O–H groups in total. The van der Waals surface area contributed by atoms with Crippen molar-refractivity contribution in [3.63, 3.8) is 0 Å². The fourth-order valence-electron chi connectivity index (χ4n) is 9.37. The number of halogens is 4. The van der Waals surface area contributed by atoms with E-state index in [1.165, 1.54) is 24.3 Å². The van der Waals surface area contributed by atoms with Crippen molar-refractivity contribution in [1.82, 2.24) is 20.2 Å². The highest BCUT2D eigenvalue weighted by molar-refractivity contribution is 5.95. The lowest BCUT2D eigenvalue weighted by atomic mass is 9.79. The Balaban J connectivity index is 1.21. The third-order valence-electron chi connectivity index (χ3n) is 11.5. The first-order valence-electron chi connectivity index (χ1n) is 16.1. The molecule has 6 unspecified atom stereocenters. The summed E-state index contributed by atoms with van der Waals surface area (Å²) < 4.78 is 69.0. The number of rotatable bonds is 6. The number of fused-ring (bicyclic) bond motifs is 4. The number of ether oxygens (including phenoxy) is 1. The molecule has 9 rings (SSSR count). The van der Waals surface area contributed by atoms with Gasteiger partial charge in [-0.1, -0.05) is 13.0 Å². The molecule has 11 heteroatoms. The van der Waals surface area contributed by atoms with Crippen molar-refractivity contribution in [3.8, 4) is 22.9 Å². The molecule has 45 heavy (non-hydrogen) atoms. The first-order valence-corrected chi connectivity index (χ1v) is 16.1. The topological polar surface area (TPSA) is 73.8 Å². The van der Waals surface area contributed by atoms with Gasteiger partial charge in [0.1, 0.15) is 41.9 Å². The van der Waals surface area contributed by atoms with E-state index in [2.05, 4.69) is 20.1 Å². The van der Waals surface area contributed by atoms with Crippen LogP contribution in [0.25, 0.3) is 28.1 Å². The maximum atomic E-state index is 16.9. The summed E-state index contributed by atoms with van der Waals surface area (Å²) in [5.41, 5.74) is 0.187. The summed E-state index contributed by atoms with van der Waals surface area (Å²) in [6.07, 6.45) is 5.10. The van der Waals surface area contributed by atoms with Crippen LogP contribution in [0.3, 0.4) is 0 Å². The van der Waals surface area contributed by atoms with Gasteiger partial charge in [0.05, 0.1) is 17.1 Å². The molecule has 4 aliphatic heterocycles. The number of hydrogen-bond donors (Lipinski definition) is 2. The van der Waals surface area contributed by atoms with E-state index in [0.717, 1.165) is 38.8 Å². The van der Waals surface area contributed by atoms with Crippen LogP contribution in [-0.4, -0.2) is 81.7 Å². The average Bonchev–Trinajstić information content (AvgIpc) is 3.28. The second-order valence-corrected chi connectivity index (χ2v) is 14.0. The van der Waals surface area contributed by atoms with Gasteiger partial charge < -0.3 is 20.1 Å². The number of alkyl halides is 2. The van der Waals surface area contributed by atoms with E-state index in [1.54, 1.807) is 6.08 Å². The molecule has 0 radical (unpaired) electrons. The molecule has 7 atom stereocenters. The molecule has 2 aliphatic carbocycles. The lowest BCUT2D eigenvalue weighted by Gasteiger charge is -2.32. The zero-order chi connectivity index (χ0) is 30.8. The third-order valence-corrected chi connectivity index (χ3v) is 11.5. The molecule has 7 nitrogen and oxygen atoms in total. The summed E-state index contributed by atoms with van der Waals surface area (Å²) in [5.74, 6) is -2.12. The molecule has 1 aromatic heterocycles. The smallest absolute Gasteiger partial charge is 0.319 e. The van der Waals surface area contributed by atoms with Gasteiger partial charge in [0.2, 0.25) is 0 Å². The molecule has 1 saturated carbocycles. The Hall–Kier alpha value is -3.44. The van der Waals surface area contributed by atoms with E-state index in [-0.39, 0.29) is 58.0 Å². The minimum atomic E-state index is -1.33. The third kappa shape index (κ3) is 3.95. The first kappa shape index (κ1) is 27.8. The quantitative estimate of drug-likeness (QED) is 0.338. The molecule has 4 saturated heterocycles. The van der Waals surface area contributed by atoms with Crippen LogP contribution in [0.2, 0.25) is 0 Å². The number of aromatic hydroxyl groups is 1. The van der Waals surface area contributed by atoms with Gasteiger partial charge in [-0.3, -0.25) is 4.90 Å². The number of phenols is 1. The highest BCUT2D eigenvalue weighted by atomic mass is 19.1. The lowest BCUT2D eigenvalue weighted by Crippen LogP contribution is -2.44. The van der Waals surface area contributed by atoms with Crippen molar-refractivity contribution in [3.05, 3.63) is 47.0 Å².